The number of rotatable bonds is 3. The molecule has 0 atom stereocenters. The van der Waals surface area contributed by atoms with Gasteiger partial charge in [-0.05, 0) is 24.1 Å². The van der Waals surface area contributed by atoms with E-state index >= 15 is 0 Å². The molecular weight excluding hydrogens is 190 g/mol. The Morgan fingerprint density at radius 1 is 1.54 bits per heavy atom. The van der Waals surface area contributed by atoms with Crippen LogP contribution >= 0.6 is 11.6 Å². The molecule has 0 bridgehead atoms. The van der Waals surface area contributed by atoms with Gasteiger partial charge < -0.3 is 10.8 Å². The van der Waals surface area contributed by atoms with Crippen LogP contribution in [0.4, 0.5) is 5.69 Å². The number of hydrogen-bond acceptors (Lipinski definition) is 2. The van der Waals surface area contributed by atoms with Crippen LogP contribution in [0.15, 0.2) is 18.2 Å². The van der Waals surface area contributed by atoms with Crippen LogP contribution in [-0.2, 0) is 11.2 Å². The van der Waals surface area contributed by atoms with E-state index in [0.717, 1.165) is 5.56 Å². The number of anilines is 1. The molecule has 0 heterocycles. The van der Waals surface area contributed by atoms with Crippen molar-refractivity contribution in [1.29, 1.82) is 0 Å². The molecule has 1 aromatic carbocycles. The summed E-state index contributed by atoms with van der Waals surface area (Å²) in [4.78, 5) is 10.3. The summed E-state index contributed by atoms with van der Waals surface area (Å²) in [6.45, 7) is 0. The van der Waals surface area contributed by atoms with Crippen LogP contribution in [0.25, 0.3) is 0 Å². The average Bonchev–Trinajstić information content (AvgIpc) is 2.07. The third kappa shape index (κ3) is 2.95. The van der Waals surface area contributed by atoms with Gasteiger partial charge in [0.05, 0.1) is 10.7 Å². The lowest BCUT2D eigenvalue weighted by Crippen LogP contribution is -1.98. The van der Waals surface area contributed by atoms with Gasteiger partial charge in [-0.3, -0.25) is 4.79 Å². The molecule has 70 valence electrons. The van der Waals surface area contributed by atoms with E-state index in [1.165, 1.54) is 0 Å². The molecule has 3 nitrogen and oxygen atoms in total. The predicted octanol–water partition coefficient (Wildman–Crippen LogP) is 1.94. The molecule has 0 aromatic heterocycles. The number of aliphatic carboxylic acids is 1. The number of nitrogens with two attached hydrogens (primary N) is 1. The Morgan fingerprint density at radius 2 is 2.23 bits per heavy atom. The molecule has 0 spiro atoms. The molecule has 0 aliphatic rings. The molecule has 1 rings (SSSR count). The zero-order valence-corrected chi connectivity index (χ0v) is 7.71. The zero-order chi connectivity index (χ0) is 9.84. The van der Waals surface area contributed by atoms with E-state index in [1.807, 2.05) is 0 Å². The summed E-state index contributed by atoms with van der Waals surface area (Å²) >= 11 is 5.70. The second kappa shape index (κ2) is 4.14. The van der Waals surface area contributed by atoms with Crippen molar-refractivity contribution in [3.8, 4) is 0 Å². The number of carboxylic acids is 1. The van der Waals surface area contributed by atoms with E-state index in [-0.39, 0.29) is 6.42 Å². The standard InChI is InChI=1S/C9H10ClNO2/c10-7-3-1-6(5-8(7)11)2-4-9(12)13/h1,3,5H,2,4,11H2,(H,12,13). The van der Waals surface area contributed by atoms with Crippen molar-refractivity contribution >= 4 is 23.3 Å². The second-order valence-corrected chi connectivity index (χ2v) is 3.16. The molecule has 0 saturated carbocycles. The van der Waals surface area contributed by atoms with E-state index in [4.69, 9.17) is 22.4 Å². The van der Waals surface area contributed by atoms with Crippen LogP contribution in [0.2, 0.25) is 5.02 Å². The second-order valence-electron chi connectivity index (χ2n) is 2.75. The molecule has 0 aliphatic heterocycles. The summed E-state index contributed by atoms with van der Waals surface area (Å²) in [5.41, 5.74) is 6.93. The minimum Gasteiger partial charge on any atom is -0.481 e. The number of aryl methyl sites for hydroxylation is 1. The van der Waals surface area contributed by atoms with Crippen molar-refractivity contribution in [2.24, 2.45) is 0 Å². The quantitative estimate of drug-likeness (QED) is 0.732. The van der Waals surface area contributed by atoms with Gasteiger partial charge in [-0.2, -0.15) is 0 Å². The van der Waals surface area contributed by atoms with Crippen molar-refractivity contribution in [1.82, 2.24) is 0 Å². The van der Waals surface area contributed by atoms with Gasteiger partial charge in [0, 0.05) is 6.42 Å². The molecule has 0 unspecified atom stereocenters. The average molecular weight is 200 g/mol. The first kappa shape index (κ1) is 9.86. The topological polar surface area (TPSA) is 63.3 Å². The molecule has 0 saturated heterocycles. The highest BCUT2D eigenvalue weighted by molar-refractivity contribution is 6.33. The third-order valence-electron chi connectivity index (χ3n) is 1.69. The van der Waals surface area contributed by atoms with Crippen LogP contribution < -0.4 is 5.73 Å². The molecule has 3 N–H and O–H groups in total. The van der Waals surface area contributed by atoms with Crippen LogP contribution in [0.3, 0.4) is 0 Å². The number of benzene rings is 1. The van der Waals surface area contributed by atoms with Crippen molar-refractivity contribution in [3.05, 3.63) is 28.8 Å². The minimum atomic E-state index is -0.812. The SMILES string of the molecule is Nc1cc(CCC(=O)O)ccc1Cl. The van der Waals surface area contributed by atoms with E-state index < -0.39 is 5.97 Å². The first-order valence-corrected chi connectivity index (χ1v) is 4.23. The number of nitrogen functional groups attached to an aromatic ring is 1. The van der Waals surface area contributed by atoms with Gasteiger partial charge in [0.25, 0.3) is 0 Å². The van der Waals surface area contributed by atoms with Gasteiger partial charge in [-0.15, -0.1) is 0 Å². The molecule has 0 amide bonds. The van der Waals surface area contributed by atoms with Crippen molar-refractivity contribution < 1.29 is 9.90 Å². The Morgan fingerprint density at radius 3 is 2.77 bits per heavy atom. The maximum atomic E-state index is 10.3. The fraction of sp³-hybridized carbons (Fsp3) is 0.222. The van der Waals surface area contributed by atoms with Crippen molar-refractivity contribution in [3.63, 3.8) is 0 Å². The highest BCUT2D eigenvalue weighted by atomic mass is 35.5. The van der Waals surface area contributed by atoms with Crippen LogP contribution in [0, 0.1) is 0 Å². The highest BCUT2D eigenvalue weighted by Crippen LogP contribution is 2.20. The first-order chi connectivity index (χ1) is 6.09. The zero-order valence-electron chi connectivity index (χ0n) is 6.96. The van der Waals surface area contributed by atoms with Crippen LogP contribution in [0.5, 0.6) is 0 Å². The Bertz CT molecular complexity index is 325. The molecule has 0 aliphatic carbocycles. The maximum absolute atomic E-state index is 10.3. The summed E-state index contributed by atoms with van der Waals surface area (Å²) in [7, 11) is 0. The lowest BCUT2D eigenvalue weighted by molar-refractivity contribution is -0.136. The van der Waals surface area contributed by atoms with E-state index in [9.17, 15) is 4.79 Å². The van der Waals surface area contributed by atoms with Gasteiger partial charge in [-0.1, -0.05) is 17.7 Å². The van der Waals surface area contributed by atoms with Crippen LogP contribution in [-0.4, -0.2) is 11.1 Å². The fourth-order valence-corrected chi connectivity index (χ4v) is 1.12. The number of halogens is 1. The fourth-order valence-electron chi connectivity index (χ4n) is 1.000. The summed E-state index contributed by atoms with van der Waals surface area (Å²) in [5.74, 6) is -0.812. The Balaban J connectivity index is 2.68. The van der Waals surface area contributed by atoms with Gasteiger partial charge >= 0.3 is 5.97 Å². The van der Waals surface area contributed by atoms with Gasteiger partial charge in [0.1, 0.15) is 0 Å². The van der Waals surface area contributed by atoms with Crippen molar-refractivity contribution in [2.75, 3.05) is 5.73 Å². The molecular formula is C9H10ClNO2. The molecule has 0 fully saturated rings. The normalized spacial score (nSPS) is 9.92. The van der Waals surface area contributed by atoms with Gasteiger partial charge in [-0.25, -0.2) is 0 Å². The minimum absolute atomic E-state index is 0.112. The number of carboxylic acid groups (broad SMARTS) is 1. The lowest BCUT2D eigenvalue weighted by atomic mass is 10.1. The Hall–Kier alpha value is -1.22. The van der Waals surface area contributed by atoms with Gasteiger partial charge in [0.2, 0.25) is 0 Å². The predicted molar refractivity (Wildman–Crippen MR) is 51.8 cm³/mol. The van der Waals surface area contributed by atoms with Gasteiger partial charge in [0.15, 0.2) is 0 Å². The molecule has 13 heavy (non-hydrogen) atoms. The molecule has 0 radical (unpaired) electrons. The largest absolute Gasteiger partial charge is 0.481 e. The van der Waals surface area contributed by atoms with E-state index in [0.29, 0.717) is 17.1 Å². The third-order valence-corrected chi connectivity index (χ3v) is 2.03. The number of carbonyl (C=O) groups is 1. The van der Waals surface area contributed by atoms with Crippen LogP contribution in [0.1, 0.15) is 12.0 Å². The summed E-state index contributed by atoms with van der Waals surface area (Å²) in [6, 6.07) is 5.15. The Labute approximate surface area is 81.1 Å². The summed E-state index contributed by atoms with van der Waals surface area (Å²) in [6.07, 6.45) is 0.595. The number of hydrogen-bond donors (Lipinski definition) is 2. The van der Waals surface area contributed by atoms with E-state index in [1.54, 1.807) is 18.2 Å². The molecule has 4 heteroatoms. The summed E-state index contributed by atoms with van der Waals surface area (Å²) in [5, 5.41) is 8.94. The van der Waals surface area contributed by atoms with Crippen molar-refractivity contribution in [2.45, 2.75) is 12.8 Å². The smallest absolute Gasteiger partial charge is 0.303 e. The monoisotopic (exact) mass is 199 g/mol. The lowest BCUT2D eigenvalue weighted by Gasteiger charge is -2.01. The summed E-state index contributed by atoms with van der Waals surface area (Å²) < 4.78 is 0. The van der Waals surface area contributed by atoms with E-state index in [2.05, 4.69) is 0 Å². The molecule has 1 aromatic rings. The Kier molecular flexibility index (Phi) is 3.14. The maximum Gasteiger partial charge on any atom is 0.303 e. The first-order valence-electron chi connectivity index (χ1n) is 3.85. The highest BCUT2D eigenvalue weighted by Gasteiger charge is 2.01.